The highest BCUT2D eigenvalue weighted by atomic mass is 32.2. The number of anilines is 1. The van der Waals surface area contributed by atoms with Crippen LogP contribution >= 0.6 is 0 Å². The highest BCUT2D eigenvalue weighted by Crippen LogP contribution is 2.34. The Morgan fingerprint density at radius 3 is 2.42 bits per heavy atom. The lowest BCUT2D eigenvalue weighted by atomic mass is 9.89. The van der Waals surface area contributed by atoms with Gasteiger partial charge in [-0.05, 0) is 73.4 Å². The number of aryl methyl sites for hydroxylation is 1. The summed E-state index contributed by atoms with van der Waals surface area (Å²) in [5.41, 5.74) is -0.726. The summed E-state index contributed by atoms with van der Waals surface area (Å²) >= 11 is 0. The number of nitrogens with zero attached hydrogens (tertiary/aromatic N) is 3. The van der Waals surface area contributed by atoms with Gasteiger partial charge in [0.15, 0.2) is 0 Å². The Bertz CT molecular complexity index is 1840. The van der Waals surface area contributed by atoms with Gasteiger partial charge in [-0.15, -0.1) is 0 Å². The molecule has 0 radical (unpaired) electrons. The number of carbonyl (C=O) groups is 1. The van der Waals surface area contributed by atoms with Crippen molar-refractivity contribution in [2.24, 2.45) is 4.99 Å². The predicted molar refractivity (Wildman–Crippen MR) is 154 cm³/mol. The summed E-state index contributed by atoms with van der Waals surface area (Å²) in [4.78, 5) is 21.1. The standard InChI is InChI=1S/C28H26F3N5O5S2/c1-19-16-24(43(40,41)35-23-6-3-12-32-18-23)8-7-20(19)9-15-42(38,39)36-13-10-27(11-14-36)26(37)33-25(34-27)21-4-2-5-22(17-21)28(29,30)31/h2-9,12,15-18,35H,10-11,13-14H2,1H3,(H,33,34,37). The van der Waals surface area contributed by atoms with Crippen molar-refractivity contribution < 1.29 is 34.8 Å². The van der Waals surface area contributed by atoms with Gasteiger partial charge in [-0.1, -0.05) is 18.2 Å². The molecule has 1 aromatic heterocycles. The van der Waals surface area contributed by atoms with Crippen molar-refractivity contribution in [3.05, 3.63) is 94.7 Å². The van der Waals surface area contributed by atoms with Gasteiger partial charge >= 0.3 is 6.18 Å². The van der Waals surface area contributed by atoms with E-state index >= 15 is 0 Å². The largest absolute Gasteiger partial charge is 0.416 e. The summed E-state index contributed by atoms with van der Waals surface area (Å²) in [7, 11) is -7.81. The minimum atomic E-state index is -4.56. The fourth-order valence-corrected chi connectivity index (χ4v) is 7.14. The molecule has 1 saturated heterocycles. The average molecular weight is 634 g/mol. The maximum Gasteiger partial charge on any atom is 0.416 e. The zero-order valence-corrected chi connectivity index (χ0v) is 24.3. The fourth-order valence-electron chi connectivity index (χ4n) is 4.83. The molecule has 0 saturated carbocycles. The van der Waals surface area contributed by atoms with Crippen LogP contribution in [0.15, 0.2) is 82.3 Å². The van der Waals surface area contributed by atoms with Crippen molar-refractivity contribution in [1.29, 1.82) is 0 Å². The summed E-state index contributed by atoms with van der Waals surface area (Å²) in [6.07, 6.45) is -0.214. The van der Waals surface area contributed by atoms with E-state index in [1.165, 1.54) is 53.1 Å². The average Bonchev–Trinajstić information content (AvgIpc) is 3.27. The minimum Gasteiger partial charge on any atom is -0.308 e. The van der Waals surface area contributed by atoms with Crippen molar-refractivity contribution in [2.45, 2.75) is 36.4 Å². The number of halogens is 3. The van der Waals surface area contributed by atoms with Crippen molar-refractivity contribution in [3.8, 4) is 0 Å². The second kappa shape index (κ2) is 11.2. The minimum absolute atomic E-state index is 0.00455. The number of amidine groups is 1. The zero-order chi connectivity index (χ0) is 31.0. The van der Waals surface area contributed by atoms with E-state index < -0.39 is 43.2 Å². The van der Waals surface area contributed by atoms with Gasteiger partial charge in [0, 0.05) is 30.3 Å². The number of benzene rings is 2. The zero-order valence-electron chi connectivity index (χ0n) is 22.7. The molecule has 3 heterocycles. The molecule has 1 amide bonds. The Kier molecular flexibility index (Phi) is 7.92. The van der Waals surface area contributed by atoms with Crippen molar-refractivity contribution >= 4 is 43.6 Å². The number of rotatable bonds is 7. The lowest BCUT2D eigenvalue weighted by Gasteiger charge is -2.34. The van der Waals surface area contributed by atoms with Crippen LogP contribution in [-0.2, 0) is 31.0 Å². The SMILES string of the molecule is Cc1cc(S(=O)(=O)Nc2cccnc2)ccc1C=CS(=O)(=O)N1CCC2(CC1)N=C(c1cccc(C(F)(F)F)c1)NC2=O. The maximum atomic E-state index is 13.1. The van der Waals surface area contributed by atoms with Crippen LogP contribution in [0.25, 0.3) is 6.08 Å². The second-order valence-electron chi connectivity index (χ2n) is 10.1. The summed E-state index contributed by atoms with van der Waals surface area (Å²) in [5, 5.41) is 3.57. The molecule has 2 N–H and O–H groups in total. The van der Waals surface area contributed by atoms with E-state index in [1.54, 1.807) is 19.1 Å². The highest BCUT2D eigenvalue weighted by molar-refractivity contribution is 7.92. The molecule has 0 unspecified atom stereocenters. The van der Waals surface area contributed by atoms with Gasteiger partial charge in [-0.25, -0.2) is 16.8 Å². The smallest absolute Gasteiger partial charge is 0.308 e. The second-order valence-corrected chi connectivity index (χ2v) is 13.6. The van der Waals surface area contributed by atoms with Crippen molar-refractivity contribution in [2.75, 3.05) is 17.8 Å². The van der Waals surface area contributed by atoms with Crippen LogP contribution in [-0.4, -0.2) is 56.5 Å². The number of alkyl halides is 3. The topological polar surface area (TPSA) is 138 Å². The monoisotopic (exact) mass is 633 g/mol. The molecule has 3 aromatic rings. The molecule has 5 rings (SSSR count). The molecule has 0 atom stereocenters. The number of nitrogens with one attached hydrogen (secondary N) is 2. The molecule has 15 heteroatoms. The van der Waals surface area contributed by atoms with Gasteiger partial charge in [0.2, 0.25) is 10.0 Å². The third-order valence-electron chi connectivity index (χ3n) is 7.24. The Morgan fingerprint density at radius 1 is 1.02 bits per heavy atom. The van der Waals surface area contributed by atoms with E-state index in [9.17, 15) is 34.8 Å². The first-order valence-electron chi connectivity index (χ1n) is 13.0. The van der Waals surface area contributed by atoms with E-state index in [0.29, 0.717) is 16.8 Å². The van der Waals surface area contributed by atoms with Crippen molar-refractivity contribution in [3.63, 3.8) is 0 Å². The number of carbonyl (C=O) groups excluding carboxylic acids is 1. The van der Waals surface area contributed by atoms with Crippen LogP contribution in [0.4, 0.5) is 18.9 Å². The number of hydrogen-bond donors (Lipinski definition) is 2. The summed E-state index contributed by atoms with van der Waals surface area (Å²) < 4.78 is 94.7. The molecule has 43 heavy (non-hydrogen) atoms. The number of hydrogen-bond acceptors (Lipinski definition) is 7. The number of aliphatic imine (C=N–C) groups is 1. The molecular formula is C28H26F3N5O5S2. The molecule has 1 spiro atoms. The molecule has 2 aliphatic rings. The maximum absolute atomic E-state index is 13.1. The Labute approximate surface area is 246 Å². The van der Waals surface area contributed by atoms with Crippen LogP contribution in [0.1, 0.15) is 35.1 Å². The Morgan fingerprint density at radius 2 is 1.77 bits per heavy atom. The normalized spacial score (nSPS) is 17.7. The fraction of sp³-hybridized carbons (Fsp3) is 0.250. The van der Waals surface area contributed by atoms with Gasteiger partial charge in [-0.2, -0.15) is 17.5 Å². The quantitative estimate of drug-likeness (QED) is 0.405. The number of aromatic nitrogens is 1. The molecule has 10 nitrogen and oxygen atoms in total. The summed E-state index contributed by atoms with van der Waals surface area (Å²) in [5.74, 6) is -0.472. The third kappa shape index (κ3) is 6.48. The van der Waals surface area contributed by atoms with E-state index in [2.05, 4.69) is 20.0 Å². The highest BCUT2D eigenvalue weighted by Gasteiger charge is 2.47. The van der Waals surface area contributed by atoms with Crippen LogP contribution in [0.5, 0.6) is 0 Å². The first-order chi connectivity index (χ1) is 20.2. The van der Waals surface area contributed by atoms with E-state index in [-0.39, 0.29) is 42.2 Å². The predicted octanol–water partition coefficient (Wildman–Crippen LogP) is 3.92. The first kappa shape index (κ1) is 30.4. The molecule has 1 fully saturated rings. The van der Waals surface area contributed by atoms with E-state index in [0.717, 1.165) is 17.5 Å². The van der Waals surface area contributed by atoms with E-state index in [1.807, 2.05) is 0 Å². The number of amides is 1. The molecule has 2 aromatic carbocycles. The van der Waals surface area contributed by atoms with Crippen LogP contribution in [0, 0.1) is 6.92 Å². The van der Waals surface area contributed by atoms with Gasteiger partial charge in [0.1, 0.15) is 11.4 Å². The van der Waals surface area contributed by atoms with E-state index in [4.69, 9.17) is 0 Å². The first-order valence-corrected chi connectivity index (χ1v) is 16.0. The molecule has 226 valence electrons. The third-order valence-corrected chi connectivity index (χ3v) is 10.2. The molecule has 0 aliphatic carbocycles. The van der Waals surface area contributed by atoms with Crippen LogP contribution in [0.3, 0.4) is 0 Å². The lowest BCUT2D eigenvalue weighted by Crippen LogP contribution is -2.50. The molecular weight excluding hydrogens is 607 g/mol. The number of pyridine rings is 1. The Hall–Kier alpha value is -4.08. The van der Waals surface area contributed by atoms with Crippen LogP contribution in [0.2, 0.25) is 0 Å². The number of piperidine rings is 1. The summed E-state index contributed by atoms with van der Waals surface area (Å²) in [6, 6.07) is 11.9. The summed E-state index contributed by atoms with van der Waals surface area (Å²) in [6.45, 7) is 1.59. The van der Waals surface area contributed by atoms with Crippen LogP contribution < -0.4 is 10.0 Å². The van der Waals surface area contributed by atoms with Gasteiger partial charge < -0.3 is 5.32 Å². The molecule has 0 bridgehead atoms. The van der Waals surface area contributed by atoms with Gasteiger partial charge in [-0.3, -0.25) is 19.5 Å². The van der Waals surface area contributed by atoms with Crippen molar-refractivity contribution in [1.82, 2.24) is 14.6 Å². The number of sulfonamides is 2. The van der Waals surface area contributed by atoms with Gasteiger partial charge in [0.05, 0.1) is 22.3 Å². The van der Waals surface area contributed by atoms with Gasteiger partial charge in [0.25, 0.3) is 15.9 Å². The lowest BCUT2D eigenvalue weighted by molar-refractivity contribution is -0.137. The molecule has 2 aliphatic heterocycles. The Balaban J connectivity index is 1.26.